The Balaban J connectivity index is 1.56. The van der Waals surface area contributed by atoms with E-state index in [0.29, 0.717) is 30.2 Å². The fourth-order valence-electron chi connectivity index (χ4n) is 3.24. The second-order valence-electron chi connectivity index (χ2n) is 7.16. The number of aromatic nitrogens is 4. The molecule has 0 bridgehead atoms. The van der Waals surface area contributed by atoms with Crippen molar-refractivity contribution in [1.82, 2.24) is 24.9 Å². The average Bonchev–Trinajstić information content (AvgIpc) is 3.09. The highest BCUT2D eigenvalue weighted by Gasteiger charge is 2.11. The van der Waals surface area contributed by atoms with E-state index >= 15 is 0 Å². The largest absolute Gasteiger partial charge is 0.352 e. The lowest BCUT2D eigenvalue weighted by Gasteiger charge is -2.09. The number of nitrogens with one attached hydrogen (secondary N) is 1. The molecule has 0 aliphatic carbocycles. The maximum Gasteiger partial charge on any atom is 0.251 e. The number of hydrogen-bond acceptors (Lipinski definition) is 3. The van der Waals surface area contributed by atoms with Crippen LogP contribution in [0.4, 0.5) is 0 Å². The average molecular weight is 479 g/mol. The van der Waals surface area contributed by atoms with E-state index in [0.717, 1.165) is 39.2 Å². The molecule has 0 aliphatic rings. The fourth-order valence-corrected chi connectivity index (χ4v) is 3.66. The van der Waals surface area contributed by atoms with Gasteiger partial charge in [0.25, 0.3) is 5.91 Å². The van der Waals surface area contributed by atoms with E-state index in [9.17, 15) is 4.79 Å². The number of benzene rings is 1. The number of carbonyl (C=O) groups excluding carboxylic acids is 1. The van der Waals surface area contributed by atoms with E-state index in [2.05, 4.69) is 31.4 Å². The van der Waals surface area contributed by atoms with Crippen molar-refractivity contribution in [2.24, 2.45) is 0 Å². The summed E-state index contributed by atoms with van der Waals surface area (Å²) in [7, 11) is 0. The summed E-state index contributed by atoms with van der Waals surface area (Å²) in [6, 6.07) is 7.66. The van der Waals surface area contributed by atoms with Crippen LogP contribution >= 0.6 is 27.5 Å². The van der Waals surface area contributed by atoms with Crippen LogP contribution in [0, 0.1) is 27.7 Å². The van der Waals surface area contributed by atoms with Gasteiger partial charge >= 0.3 is 0 Å². The topological polar surface area (TPSA) is 64.7 Å². The van der Waals surface area contributed by atoms with Crippen molar-refractivity contribution in [3.8, 4) is 0 Å². The summed E-state index contributed by atoms with van der Waals surface area (Å²) in [5.41, 5.74) is 5.51. The predicted octanol–water partition coefficient (Wildman–Crippen LogP) is 4.60. The second kappa shape index (κ2) is 9.13. The Morgan fingerprint density at radius 1 is 1.10 bits per heavy atom. The quantitative estimate of drug-likeness (QED) is 0.505. The number of amides is 1. The van der Waals surface area contributed by atoms with Crippen LogP contribution in [0.25, 0.3) is 0 Å². The van der Waals surface area contributed by atoms with Gasteiger partial charge in [0.2, 0.25) is 0 Å². The van der Waals surface area contributed by atoms with E-state index in [1.807, 2.05) is 61.3 Å². The van der Waals surface area contributed by atoms with Crippen molar-refractivity contribution >= 4 is 33.4 Å². The predicted molar refractivity (Wildman–Crippen MR) is 119 cm³/mol. The van der Waals surface area contributed by atoms with Gasteiger partial charge in [0.1, 0.15) is 0 Å². The summed E-state index contributed by atoms with van der Waals surface area (Å²) < 4.78 is 4.85. The number of halogens is 2. The molecule has 3 aromatic rings. The first-order valence-electron chi connectivity index (χ1n) is 9.54. The minimum absolute atomic E-state index is 0.0761. The molecule has 154 valence electrons. The zero-order chi connectivity index (χ0) is 21.1. The molecule has 1 amide bonds. The summed E-state index contributed by atoms with van der Waals surface area (Å²) in [4.78, 5) is 12.5. The number of carbonyl (C=O) groups is 1. The van der Waals surface area contributed by atoms with Crippen LogP contribution in [0.2, 0.25) is 5.02 Å². The molecular weight excluding hydrogens is 454 g/mol. The molecule has 0 fully saturated rings. The Kier molecular flexibility index (Phi) is 6.80. The molecule has 2 aromatic heterocycles. The van der Waals surface area contributed by atoms with Crippen molar-refractivity contribution in [2.75, 3.05) is 6.54 Å². The first kappa shape index (κ1) is 21.6. The molecule has 0 aliphatic heterocycles. The van der Waals surface area contributed by atoms with E-state index < -0.39 is 0 Å². The van der Waals surface area contributed by atoms with Crippen molar-refractivity contribution in [2.45, 2.75) is 47.2 Å². The van der Waals surface area contributed by atoms with Crippen LogP contribution in [-0.4, -0.2) is 32.0 Å². The van der Waals surface area contributed by atoms with Gasteiger partial charge in [-0.1, -0.05) is 23.7 Å². The smallest absolute Gasteiger partial charge is 0.251 e. The highest BCUT2D eigenvalue weighted by Crippen LogP contribution is 2.21. The van der Waals surface area contributed by atoms with Gasteiger partial charge in [-0.15, -0.1) is 0 Å². The molecule has 0 unspecified atom stereocenters. The molecule has 6 nitrogen and oxygen atoms in total. The Bertz CT molecular complexity index is 1040. The van der Waals surface area contributed by atoms with Gasteiger partial charge in [-0.25, -0.2) is 0 Å². The normalized spacial score (nSPS) is 11.1. The molecular formula is C21H25BrClN5O. The minimum Gasteiger partial charge on any atom is -0.352 e. The molecule has 1 aromatic carbocycles. The van der Waals surface area contributed by atoms with Gasteiger partial charge in [0.05, 0.1) is 38.8 Å². The summed E-state index contributed by atoms with van der Waals surface area (Å²) in [5, 5.41) is 12.6. The van der Waals surface area contributed by atoms with Crippen LogP contribution in [0.3, 0.4) is 0 Å². The Hall–Kier alpha value is -2.12. The van der Waals surface area contributed by atoms with Gasteiger partial charge in [-0.3, -0.25) is 14.2 Å². The maximum atomic E-state index is 12.5. The number of aryl methyl sites for hydroxylation is 3. The van der Waals surface area contributed by atoms with E-state index in [4.69, 9.17) is 11.6 Å². The molecule has 0 spiro atoms. The third kappa shape index (κ3) is 4.90. The zero-order valence-electron chi connectivity index (χ0n) is 17.1. The van der Waals surface area contributed by atoms with Gasteiger partial charge < -0.3 is 5.32 Å². The van der Waals surface area contributed by atoms with Crippen molar-refractivity contribution in [3.63, 3.8) is 0 Å². The SMILES string of the molecule is Cc1nn(CCCNC(=O)c2cccc(Cn3nc(C)c(Br)c3C)c2)c(C)c1Cl. The summed E-state index contributed by atoms with van der Waals surface area (Å²) in [5.74, 6) is -0.0761. The lowest BCUT2D eigenvalue weighted by atomic mass is 10.1. The molecule has 1 N–H and O–H groups in total. The summed E-state index contributed by atoms with van der Waals surface area (Å²) in [6.45, 7) is 9.75. The molecule has 3 rings (SSSR count). The fraction of sp³-hybridized carbons (Fsp3) is 0.381. The first-order chi connectivity index (χ1) is 13.8. The molecule has 29 heavy (non-hydrogen) atoms. The second-order valence-corrected chi connectivity index (χ2v) is 8.33. The molecule has 0 saturated heterocycles. The van der Waals surface area contributed by atoms with Crippen LogP contribution in [0.5, 0.6) is 0 Å². The molecule has 8 heteroatoms. The highest BCUT2D eigenvalue weighted by atomic mass is 79.9. The third-order valence-corrected chi connectivity index (χ3v) is 6.63. The number of rotatable bonds is 7. The van der Waals surface area contributed by atoms with Crippen molar-refractivity contribution in [3.05, 3.63) is 67.7 Å². The van der Waals surface area contributed by atoms with Crippen molar-refractivity contribution < 1.29 is 4.79 Å². The molecule has 0 atom stereocenters. The van der Waals surface area contributed by atoms with E-state index in [1.165, 1.54) is 0 Å². The summed E-state index contributed by atoms with van der Waals surface area (Å²) in [6.07, 6.45) is 0.781. The molecule has 0 radical (unpaired) electrons. The van der Waals surface area contributed by atoms with Gasteiger partial charge in [-0.2, -0.15) is 10.2 Å². The Morgan fingerprint density at radius 3 is 2.45 bits per heavy atom. The number of nitrogens with zero attached hydrogens (tertiary/aromatic N) is 4. The van der Waals surface area contributed by atoms with Crippen LogP contribution in [0.1, 0.15) is 45.1 Å². The lowest BCUT2D eigenvalue weighted by Crippen LogP contribution is -2.25. The van der Waals surface area contributed by atoms with Crippen LogP contribution < -0.4 is 5.32 Å². The standard InChI is InChI=1S/C21H25BrClN5O/c1-13-19(22)15(3)28(25-13)12-17-7-5-8-18(11-17)21(29)24-9-6-10-27-16(4)20(23)14(2)26-27/h5,7-8,11H,6,9-10,12H2,1-4H3,(H,24,29). The monoisotopic (exact) mass is 477 g/mol. The summed E-state index contributed by atoms with van der Waals surface area (Å²) >= 11 is 9.72. The van der Waals surface area contributed by atoms with Crippen LogP contribution in [0.15, 0.2) is 28.7 Å². The zero-order valence-corrected chi connectivity index (χ0v) is 19.4. The Morgan fingerprint density at radius 2 is 1.83 bits per heavy atom. The van der Waals surface area contributed by atoms with E-state index in [-0.39, 0.29) is 5.91 Å². The molecule has 0 saturated carbocycles. The van der Waals surface area contributed by atoms with Crippen molar-refractivity contribution in [1.29, 1.82) is 0 Å². The Labute approximate surface area is 184 Å². The third-order valence-electron chi connectivity index (χ3n) is 4.94. The maximum absolute atomic E-state index is 12.5. The van der Waals surface area contributed by atoms with E-state index in [1.54, 1.807) is 0 Å². The highest BCUT2D eigenvalue weighted by molar-refractivity contribution is 9.10. The molecule has 2 heterocycles. The van der Waals surface area contributed by atoms with Gasteiger partial charge in [-0.05, 0) is 67.7 Å². The van der Waals surface area contributed by atoms with Gasteiger partial charge in [0, 0.05) is 18.7 Å². The van der Waals surface area contributed by atoms with Crippen LogP contribution in [-0.2, 0) is 13.1 Å². The number of hydrogen-bond donors (Lipinski definition) is 1. The minimum atomic E-state index is -0.0761. The first-order valence-corrected chi connectivity index (χ1v) is 10.7. The lowest BCUT2D eigenvalue weighted by molar-refractivity contribution is 0.0952. The van der Waals surface area contributed by atoms with Gasteiger partial charge in [0.15, 0.2) is 0 Å².